The van der Waals surface area contributed by atoms with Gasteiger partial charge in [0, 0.05) is 26.2 Å². The van der Waals surface area contributed by atoms with Gasteiger partial charge in [-0.15, -0.1) is 0 Å². The lowest BCUT2D eigenvalue weighted by Gasteiger charge is -2.20. The lowest BCUT2D eigenvalue weighted by molar-refractivity contribution is -0.129. The highest BCUT2D eigenvalue weighted by molar-refractivity contribution is 5.78. The molecule has 1 atom stereocenters. The van der Waals surface area contributed by atoms with Crippen LogP contribution in [0.2, 0.25) is 0 Å². The van der Waals surface area contributed by atoms with E-state index in [1.807, 2.05) is 11.9 Å². The van der Waals surface area contributed by atoms with Crippen molar-refractivity contribution >= 4 is 5.91 Å². The predicted molar refractivity (Wildman–Crippen MR) is 59.7 cm³/mol. The monoisotopic (exact) mass is 214 g/mol. The van der Waals surface area contributed by atoms with Gasteiger partial charge in [-0.05, 0) is 19.3 Å². The molecule has 0 aliphatic heterocycles. The summed E-state index contributed by atoms with van der Waals surface area (Å²) in [6.07, 6.45) is 3.31. The van der Waals surface area contributed by atoms with Gasteiger partial charge < -0.3 is 15.0 Å². The van der Waals surface area contributed by atoms with E-state index in [1.54, 1.807) is 7.11 Å². The molecule has 4 nitrogen and oxygen atoms in total. The van der Waals surface area contributed by atoms with E-state index in [0.717, 1.165) is 19.3 Å². The number of hydrogen-bond acceptors (Lipinski definition) is 3. The molecule has 1 aliphatic rings. The van der Waals surface area contributed by atoms with Gasteiger partial charge in [0.2, 0.25) is 5.91 Å². The molecule has 1 rings (SSSR count). The Morgan fingerprint density at radius 1 is 1.60 bits per heavy atom. The van der Waals surface area contributed by atoms with E-state index in [4.69, 9.17) is 4.74 Å². The zero-order valence-electron chi connectivity index (χ0n) is 9.95. The summed E-state index contributed by atoms with van der Waals surface area (Å²) in [5.41, 5.74) is 0. The first-order valence-corrected chi connectivity index (χ1v) is 5.67. The standard InChI is InChI=1S/C11H22N2O2/c1-4-9(8-15-3)12-7-11(14)13(2)10-5-6-10/h9-10,12H,4-8H2,1-3H3. The quantitative estimate of drug-likeness (QED) is 0.675. The molecule has 1 amide bonds. The summed E-state index contributed by atoms with van der Waals surface area (Å²) in [5.74, 6) is 0.187. The third-order valence-electron chi connectivity index (χ3n) is 2.89. The lowest BCUT2D eigenvalue weighted by Crippen LogP contribution is -2.42. The Bertz CT molecular complexity index is 205. The fraction of sp³-hybridized carbons (Fsp3) is 0.909. The summed E-state index contributed by atoms with van der Waals surface area (Å²) >= 11 is 0. The maximum atomic E-state index is 11.7. The minimum Gasteiger partial charge on any atom is -0.383 e. The van der Waals surface area contributed by atoms with Crippen molar-refractivity contribution in [2.24, 2.45) is 0 Å². The normalized spacial score (nSPS) is 17.5. The Labute approximate surface area is 92.0 Å². The molecule has 15 heavy (non-hydrogen) atoms. The lowest BCUT2D eigenvalue weighted by atomic mass is 10.2. The predicted octanol–water partition coefficient (Wildman–Crippen LogP) is 0.622. The summed E-state index contributed by atoms with van der Waals surface area (Å²) in [6, 6.07) is 0.786. The van der Waals surface area contributed by atoms with Gasteiger partial charge in [-0.3, -0.25) is 4.79 Å². The first-order valence-electron chi connectivity index (χ1n) is 5.67. The molecule has 0 aromatic rings. The molecule has 1 saturated carbocycles. The molecule has 1 N–H and O–H groups in total. The molecular weight excluding hydrogens is 192 g/mol. The number of ether oxygens (including phenoxy) is 1. The number of hydrogen-bond donors (Lipinski definition) is 1. The highest BCUT2D eigenvalue weighted by atomic mass is 16.5. The van der Waals surface area contributed by atoms with Crippen molar-refractivity contribution in [1.29, 1.82) is 0 Å². The van der Waals surface area contributed by atoms with Crippen LogP contribution in [0.4, 0.5) is 0 Å². The molecule has 88 valence electrons. The van der Waals surface area contributed by atoms with Crippen LogP contribution >= 0.6 is 0 Å². The summed E-state index contributed by atoms with van der Waals surface area (Å²) in [6.45, 7) is 3.18. The van der Waals surface area contributed by atoms with E-state index in [-0.39, 0.29) is 11.9 Å². The molecule has 0 radical (unpaired) electrons. The Hall–Kier alpha value is -0.610. The van der Waals surface area contributed by atoms with Gasteiger partial charge in [-0.1, -0.05) is 6.92 Å². The van der Waals surface area contributed by atoms with Crippen molar-refractivity contribution in [1.82, 2.24) is 10.2 Å². The topological polar surface area (TPSA) is 41.6 Å². The van der Waals surface area contributed by atoms with Gasteiger partial charge >= 0.3 is 0 Å². The number of methoxy groups -OCH3 is 1. The number of rotatable bonds is 7. The average Bonchev–Trinajstić information content (AvgIpc) is 3.06. The van der Waals surface area contributed by atoms with Gasteiger partial charge in [0.1, 0.15) is 0 Å². The zero-order chi connectivity index (χ0) is 11.3. The fourth-order valence-corrected chi connectivity index (χ4v) is 1.54. The van der Waals surface area contributed by atoms with Crippen LogP contribution in [0.15, 0.2) is 0 Å². The molecule has 0 bridgehead atoms. The van der Waals surface area contributed by atoms with Gasteiger partial charge in [-0.25, -0.2) is 0 Å². The van der Waals surface area contributed by atoms with Crippen molar-refractivity contribution in [3.05, 3.63) is 0 Å². The highest BCUT2D eigenvalue weighted by Gasteiger charge is 2.29. The van der Waals surface area contributed by atoms with Crippen molar-refractivity contribution in [2.75, 3.05) is 27.3 Å². The fourth-order valence-electron chi connectivity index (χ4n) is 1.54. The van der Waals surface area contributed by atoms with Crippen molar-refractivity contribution in [3.63, 3.8) is 0 Å². The third-order valence-corrected chi connectivity index (χ3v) is 2.89. The summed E-state index contributed by atoms with van der Waals surface area (Å²) in [5, 5.41) is 3.22. The van der Waals surface area contributed by atoms with E-state index >= 15 is 0 Å². The number of likely N-dealkylation sites (N-methyl/N-ethyl adjacent to an activating group) is 1. The van der Waals surface area contributed by atoms with E-state index < -0.39 is 0 Å². The molecule has 1 unspecified atom stereocenters. The Balaban J connectivity index is 2.19. The van der Waals surface area contributed by atoms with Crippen molar-refractivity contribution in [2.45, 2.75) is 38.3 Å². The molecular formula is C11H22N2O2. The summed E-state index contributed by atoms with van der Waals surface area (Å²) in [4.78, 5) is 13.5. The number of carbonyl (C=O) groups is 1. The van der Waals surface area contributed by atoms with Crippen LogP contribution in [0.5, 0.6) is 0 Å². The maximum absolute atomic E-state index is 11.7. The Kier molecular flexibility index (Phi) is 5.05. The molecule has 0 heterocycles. The maximum Gasteiger partial charge on any atom is 0.236 e. The zero-order valence-corrected chi connectivity index (χ0v) is 9.95. The van der Waals surface area contributed by atoms with Crippen LogP contribution in [0, 0.1) is 0 Å². The molecule has 1 fully saturated rings. The largest absolute Gasteiger partial charge is 0.383 e. The van der Waals surface area contributed by atoms with Gasteiger partial charge in [-0.2, -0.15) is 0 Å². The average molecular weight is 214 g/mol. The van der Waals surface area contributed by atoms with E-state index in [0.29, 0.717) is 19.2 Å². The van der Waals surface area contributed by atoms with Gasteiger partial charge in [0.25, 0.3) is 0 Å². The first-order chi connectivity index (χ1) is 7.19. The minimum absolute atomic E-state index is 0.187. The first kappa shape index (κ1) is 12.5. The Morgan fingerprint density at radius 3 is 2.73 bits per heavy atom. The van der Waals surface area contributed by atoms with Crippen LogP contribution in [0.3, 0.4) is 0 Å². The van der Waals surface area contributed by atoms with Crippen molar-refractivity contribution < 1.29 is 9.53 Å². The minimum atomic E-state index is 0.187. The van der Waals surface area contributed by atoms with Crippen LogP contribution < -0.4 is 5.32 Å². The number of nitrogens with one attached hydrogen (secondary N) is 1. The third kappa shape index (κ3) is 4.18. The van der Waals surface area contributed by atoms with E-state index in [2.05, 4.69) is 12.2 Å². The number of nitrogens with zero attached hydrogens (tertiary/aromatic N) is 1. The van der Waals surface area contributed by atoms with Crippen LogP contribution in [0.25, 0.3) is 0 Å². The number of carbonyl (C=O) groups excluding carboxylic acids is 1. The Morgan fingerprint density at radius 2 is 2.27 bits per heavy atom. The highest BCUT2D eigenvalue weighted by Crippen LogP contribution is 2.25. The number of amides is 1. The smallest absolute Gasteiger partial charge is 0.236 e. The SMILES string of the molecule is CCC(COC)NCC(=O)N(C)C1CC1. The summed E-state index contributed by atoms with van der Waals surface area (Å²) < 4.78 is 5.06. The van der Waals surface area contributed by atoms with E-state index in [9.17, 15) is 4.79 Å². The second kappa shape index (κ2) is 6.08. The van der Waals surface area contributed by atoms with Gasteiger partial charge in [0.15, 0.2) is 0 Å². The molecule has 0 saturated heterocycles. The molecule has 0 spiro atoms. The second-order valence-corrected chi connectivity index (χ2v) is 4.18. The molecule has 4 heteroatoms. The van der Waals surface area contributed by atoms with E-state index in [1.165, 1.54) is 0 Å². The van der Waals surface area contributed by atoms with Crippen molar-refractivity contribution in [3.8, 4) is 0 Å². The second-order valence-electron chi connectivity index (χ2n) is 4.18. The van der Waals surface area contributed by atoms with Gasteiger partial charge in [0.05, 0.1) is 13.2 Å². The van der Waals surface area contributed by atoms with Crippen LogP contribution in [0.1, 0.15) is 26.2 Å². The van der Waals surface area contributed by atoms with Crippen LogP contribution in [-0.2, 0) is 9.53 Å². The molecule has 0 aromatic heterocycles. The van der Waals surface area contributed by atoms with Crippen LogP contribution in [-0.4, -0.2) is 50.2 Å². The molecule has 0 aromatic carbocycles. The summed E-state index contributed by atoms with van der Waals surface area (Å²) in [7, 11) is 3.57. The molecule has 1 aliphatic carbocycles.